The summed E-state index contributed by atoms with van der Waals surface area (Å²) in [4.78, 5) is 0. The molecule has 0 radical (unpaired) electrons. The van der Waals surface area contributed by atoms with Crippen molar-refractivity contribution in [1.82, 2.24) is 0 Å². The summed E-state index contributed by atoms with van der Waals surface area (Å²) in [6, 6.07) is 21.8. The zero-order valence-corrected chi connectivity index (χ0v) is 15.6. The van der Waals surface area contributed by atoms with Crippen LogP contribution in [0.1, 0.15) is 31.7 Å². The van der Waals surface area contributed by atoms with Gasteiger partial charge in [0, 0.05) is 0 Å². The van der Waals surface area contributed by atoms with Crippen LogP contribution in [-0.2, 0) is 0 Å². The predicted octanol–water partition coefficient (Wildman–Crippen LogP) is 5.97. The minimum absolute atomic E-state index is 1.02. The normalized spacial score (nSPS) is 12.7. The summed E-state index contributed by atoms with van der Waals surface area (Å²) in [5.74, 6) is 0. The molecule has 0 nitrogen and oxygen atoms in total. The Bertz CT molecular complexity index is 636. The summed E-state index contributed by atoms with van der Waals surface area (Å²) in [6.07, 6.45) is 8.05. The van der Waals surface area contributed by atoms with Crippen molar-refractivity contribution >= 4 is 18.8 Å². The second kappa shape index (κ2) is 8.69. The monoisotopic (exact) mass is 320 g/mol. The standard InChI is InChI=1S/C22H28Si/c1-4-5-6-9-16-21(20-14-10-7-11-15-20)19-23(2,3)22-17-12-8-13-18-22/h6-15,17-19H,4-5,16H2,1-3H3/b9-6+,21-19+. The molecule has 0 aliphatic carbocycles. The molecule has 0 aliphatic rings. The van der Waals surface area contributed by atoms with Crippen molar-refractivity contribution in [3.8, 4) is 0 Å². The Hall–Kier alpha value is -1.86. The molecule has 0 bridgehead atoms. The second-order valence-corrected chi connectivity index (χ2v) is 10.9. The summed E-state index contributed by atoms with van der Waals surface area (Å²) in [5, 5.41) is 1.49. The maximum atomic E-state index is 2.56. The highest BCUT2D eigenvalue weighted by atomic mass is 28.3. The summed E-state index contributed by atoms with van der Waals surface area (Å²) < 4.78 is 0. The third kappa shape index (κ3) is 5.37. The summed E-state index contributed by atoms with van der Waals surface area (Å²) >= 11 is 0. The predicted molar refractivity (Wildman–Crippen MR) is 107 cm³/mol. The molecule has 0 N–H and O–H groups in total. The first-order valence-corrected chi connectivity index (χ1v) is 11.7. The van der Waals surface area contributed by atoms with E-state index in [4.69, 9.17) is 0 Å². The number of hydrogen-bond acceptors (Lipinski definition) is 0. The zero-order chi connectivity index (χ0) is 16.5. The van der Waals surface area contributed by atoms with E-state index in [-0.39, 0.29) is 0 Å². The van der Waals surface area contributed by atoms with E-state index in [0.717, 1.165) is 6.42 Å². The lowest BCUT2D eigenvalue weighted by atomic mass is 10.0. The highest BCUT2D eigenvalue weighted by molar-refractivity contribution is 6.94. The van der Waals surface area contributed by atoms with Gasteiger partial charge >= 0.3 is 0 Å². The topological polar surface area (TPSA) is 0 Å². The van der Waals surface area contributed by atoms with Crippen molar-refractivity contribution in [2.45, 2.75) is 39.3 Å². The summed E-state index contributed by atoms with van der Waals surface area (Å²) in [6.45, 7) is 7.09. The van der Waals surface area contributed by atoms with Gasteiger partial charge in [-0.25, -0.2) is 0 Å². The van der Waals surface area contributed by atoms with Gasteiger partial charge in [0.05, 0.1) is 0 Å². The molecule has 0 amide bonds. The highest BCUT2D eigenvalue weighted by Gasteiger charge is 2.21. The van der Waals surface area contributed by atoms with E-state index in [2.05, 4.69) is 98.5 Å². The molecule has 23 heavy (non-hydrogen) atoms. The average molecular weight is 321 g/mol. The lowest BCUT2D eigenvalue weighted by molar-refractivity contribution is 0.955. The average Bonchev–Trinajstić information content (AvgIpc) is 2.59. The molecule has 2 rings (SSSR count). The number of rotatable bonds is 7. The van der Waals surface area contributed by atoms with Crippen LogP contribution < -0.4 is 5.19 Å². The molecule has 0 atom stereocenters. The Morgan fingerprint density at radius 3 is 2.09 bits per heavy atom. The van der Waals surface area contributed by atoms with E-state index < -0.39 is 8.07 Å². The minimum Gasteiger partial charge on any atom is -0.0882 e. The second-order valence-electron chi connectivity index (χ2n) is 6.59. The lowest BCUT2D eigenvalue weighted by Crippen LogP contribution is -2.39. The SMILES string of the molecule is CCC/C=C/C/C(=C\[Si](C)(C)c1ccccc1)c1ccccc1. The molecule has 0 spiro atoms. The van der Waals surface area contributed by atoms with Gasteiger partial charge in [-0.3, -0.25) is 0 Å². The van der Waals surface area contributed by atoms with Gasteiger partial charge in [0.15, 0.2) is 0 Å². The minimum atomic E-state index is -1.59. The molecule has 0 unspecified atom stereocenters. The van der Waals surface area contributed by atoms with Crippen molar-refractivity contribution in [3.63, 3.8) is 0 Å². The van der Waals surface area contributed by atoms with Gasteiger partial charge in [0.25, 0.3) is 0 Å². The van der Waals surface area contributed by atoms with Gasteiger partial charge in [-0.2, -0.15) is 0 Å². The van der Waals surface area contributed by atoms with E-state index in [0.29, 0.717) is 0 Å². The Kier molecular flexibility index (Phi) is 6.61. The lowest BCUT2D eigenvalue weighted by Gasteiger charge is -2.21. The molecule has 0 fully saturated rings. The molecule has 0 heterocycles. The largest absolute Gasteiger partial charge is 0.104 e. The molecular formula is C22H28Si. The maximum absolute atomic E-state index is 2.56. The molecule has 2 aromatic rings. The number of benzene rings is 2. The fourth-order valence-electron chi connectivity index (χ4n) is 2.79. The highest BCUT2D eigenvalue weighted by Crippen LogP contribution is 2.22. The Morgan fingerprint density at radius 1 is 0.870 bits per heavy atom. The van der Waals surface area contributed by atoms with Gasteiger partial charge in [-0.15, -0.1) is 0 Å². The first kappa shape index (κ1) is 17.5. The van der Waals surface area contributed by atoms with Crippen LogP contribution in [0.2, 0.25) is 13.1 Å². The fraction of sp³-hybridized carbons (Fsp3) is 0.273. The Balaban J connectivity index is 2.32. The van der Waals surface area contributed by atoms with Gasteiger partial charge in [-0.1, -0.05) is 110 Å². The molecule has 1 heteroatoms. The van der Waals surface area contributed by atoms with Gasteiger partial charge in [-0.05, 0) is 24.0 Å². The van der Waals surface area contributed by atoms with Gasteiger partial charge < -0.3 is 0 Å². The van der Waals surface area contributed by atoms with Crippen molar-refractivity contribution in [2.24, 2.45) is 0 Å². The number of hydrogen-bond donors (Lipinski definition) is 0. The van der Waals surface area contributed by atoms with Gasteiger partial charge in [0.1, 0.15) is 8.07 Å². The van der Waals surface area contributed by atoms with Crippen LogP contribution in [0.5, 0.6) is 0 Å². The van der Waals surface area contributed by atoms with E-state index in [1.807, 2.05) is 0 Å². The maximum Gasteiger partial charge on any atom is 0.104 e. The van der Waals surface area contributed by atoms with Crippen LogP contribution in [0.25, 0.3) is 5.57 Å². The molecule has 0 aliphatic heterocycles. The van der Waals surface area contributed by atoms with Crippen LogP contribution in [0.3, 0.4) is 0 Å². The Labute approximate surface area is 142 Å². The van der Waals surface area contributed by atoms with Gasteiger partial charge in [0.2, 0.25) is 0 Å². The smallest absolute Gasteiger partial charge is 0.0882 e. The number of allylic oxidation sites excluding steroid dienone is 3. The summed E-state index contributed by atoms with van der Waals surface area (Å²) in [5.41, 5.74) is 5.37. The first-order valence-electron chi connectivity index (χ1n) is 8.61. The third-order valence-corrected chi connectivity index (χ3v) is 7.05. The van der Waals surface area contributed by atoms with Crippen molar-refractivity contribution in [1.29, 1.82) is 0 Å². The van der Waals surface area contributed by atoms with Crippen molar-refractivity contribution < 1.29 is 0 Å². The Morgan fingerprint density at radius 2 is 1.48 bits per heavy atom. The van der Waals surface area contributed by atoms with Crippen LogP contribution in [0.15, 0.2) is 78.5 Å². The molecule has 2 aromatic carbocycles. The van der Waals surface area contributed by atoms with Crippen LogP contribution in [-0.4, -0.2) is 8.07 Å². The van der Waals surface area contributed by atoms with E-state index in [1.165, 1.54) is 29.2 Å². The molecular weight excluding hydrogens is 292 g/mol. The van der Waals surface area contributed by atoms with Crippen LogP contribution >= 0.6 is 0 Å². The molecule has 0 saturated heterocycles. The summed E-state index contributed by atoms with van der Waals surface area (Å²) in [7, 11) is -1.59. The molecule has 0 saturated carbocycles. The van der Waals surface area contributed by atoms with E-state index in [9.17, 15) is 0 Å². The van der Waals surface area contributed by atoms with E-state index in [1.54, 1.807) is 0 Å². The van der Waals surface area contributed by atoms with E-state index >= 15 is 0 Å². The quantitative estimate of drug-likeness (QED) is 0.435. The number of unbranched alkanes of at least 4 members (excludes halogenated alkanes) is 1. The molecule has 0 aromatic heterocycles. The zero-order valence-electron chi connectivity index (χ0n) is 14.6. The van der Waals surface area contributed by atoms with Crippen LogP contribution in [0.4, 0.5) is 0 Å². The third-order valence-electron chi connectivity index (χ3n) is 4.16. The van der Waals surface area contributed by atoms with Crippen molar-refractivity contribution in [2.75, 3.05) is 0 Å². The molecule has 120 valence electrons. The fourth-order valence-corrected chi connectivity index (χ4v) is 5.17. The van der Waals surface area contributed by atoms with Crippen molar-refractivity contribution in [3.05, 3.63) is 84.1 Å². The van der Waals surface area contributed by atoms with Crippen LogP contribution in [0, 0.1) is 0 Å². The first-order chi connectivity index (χ1) is 11.1.